The normalized spacial score (nSPS) is 11.0. The van der Waals surface area contributed by atoms with Gasteiger partial charge in [-0.05, 0) is 23.3 Å². The van der Waals surface area contributed by atoms with Crippen LogP contribution in [0.5, 0.6) is 0 Å². The zero-order chi connectivity index (χ0) is 15.2. The first-order chi connectivity index (χ1) is 10.1. The molecule has 2 aromatic rings. The molecule has 0 heterocycles. The van der Waals surface area contributed by atoms with Crippen LogP contribution in [0.25, 0.3) is 11.1 Å². The van der Waals surface area contributed by atoms with Crippen LogP contribution >= 0.6 is 11.6 Å². The van der Waals surface area contributed by atoms with Crippen molar-refractivity contribution >= 4 is 29.2 Å². The molecule has 0 atom stereocenters. The summed E-state index contributed by atoms with van der Waals surface area (Å²) in [5.41, 5.74) is 2.66. The molecular weight excluding hydrogens is 290 g/mol. The number of carbonyl (C=O) groups is 2. The third-order valence-corrected chi connectivity index (χ3v) is 2.99. The number of amides is 1. The molecule has 0 aliphatic heterocycles. The zero-order valence-electron chi connectivity index (χ0n) is 10.9. The van der Waals surface area contributed by atoms with E-state index in [0.717, 1.165) is 17.2 Å². The van der Waals surface area contributed by atoms with Crippen LogP contribution in [-0.4, -0.2) is 17.0 Å². The molecule has 0 radical (unpaired) electrons. The highest BCUT2D eigenvalue weighted by atomic mass is 35.5. The van der Waals surface area contributed by atoms with Crippen LogP contribution < -0.4 is 5.32 Å². The van der Waals surface area contributed by atoms with Gasteiger partial charge in [0.05, 0.1) is 0 Å². The molecule has 5 heteroatoms. The van der Waals surface area contributed by atoms with Crippen LogP contribution in [0.4, 0.5) is 5.69 Å². The van der Waals surface area contributed by atoms with Crippen molar-refractivity contribution in [3.8, 4) is 11.1 Å². The van der Waals surface area contributed by atoms with E-state index in [4.69, 9.17) is 16.7 Å². The number of carboxylic acids is 1. The van der Waals surface area contributed by atoms with Crippen LogP contribution in [-0.2, 0) is 9.59 Å². The number of rotatable bonds is 4. The van der Waals surface area contributed by atoms with Gasteiger partial charge in [-0.15, -0.1) is 0 Å². The Labute approximate surface area is 126 Å². The monoisotopic (exact) mass is 301 g/mol. The van der Waals surface area contributed by atoms with E-state index >= 15 is 0 Å². The Bertz CT molecular complexity index is 678. The van der Waals surface area contributed by atoms with Gasteiger partial charge in [0.15, 0.2) is 0 Å². The minimum atomic E-state index is -1.34. The van der Waals surface area contributed by atoms with E-state index < -0.39 is 16.9 Å². The Morgan fingerprint density at radius 2 is 1.52 bits per heavy atom. The maximum atomic E-state index is 11.5. The second-order valence-electron chi connectivity index (χ2n) is 4.23. The van der Waals surface area contributed by atoms with Crippen molar-refractivity contribution in [3.63, 3.8) is 0 Å². The van der Waals surface area contributed by atoms with Crippen LogP contribution in [0.2, 0.25) is 0 Å². The molecule has 0 aliphatic rings. The lowest BCUT2D eigenvalue weighted by molar-refractivity contribution is -0.132. The molecule has 0 saturated heterocycles. The van der Waals surface area contributed by atoms with E-state index in [9.17, 15) is 9.59 Å². The molecule has 21 heavy (non-hydrogen) atoms. The highest BCUT2D eigenvalue weighted by molar-refractivity contribution is 6.42. The molecule has 2 N–H and O–H groups in total. The molecule has 4 nitrogen and oxygen atoms in total. The Morgan fingerprint density at radius 1 is 0.952 bits per heavy atom. The summed E-state index contributed by atoms with van der Waals surface area (Å²) in [5, 5.41) is 10.6. The Hall–Kier alpha value is -2.59. The highest BCUT2D eigenvalue weighted by Crippen LogP contribution is 2.21. The van der Waals surface area contributed by atoms with Gasteiger partial charge in [0.25, 0.3) is 0 Å². The first kappa shape index (κ1) is 14.8. The summed E-state index contributed by atoms with van der Waals surface area (Å²) in [6.45, 7) is 0. The lowest BCUT2D eigenvalue weighted by Crippen LogP contribution is -2.10. The van der Waals surface area contributed by atoms with E-state index in [2.05, 4.69) is 5.32 Å². The lowest BCUT2D eigenvalue weighted by atomic mass is 10.1. The van der Waals surface area contributed by atoms with E-state index in [-0.39, 0.29) is 0 Å². The number of aliphatic carboxylic acids is 1. The third kappa shape index (κ3) is 4.19. The molecule has 0 spiro atoms. The molecule has 0 saturated carbocycles. The maximum Gasteiger partial charge on any atom is 0.347 e. The first-order valence-corrected chi connectivity index (χ1v) is 6.51. The summed E-state index contributed by atoms with van der Waals surface area (Å²) in [6.07, 6.45) is 0.828. The second-order valence-corrected chi connectivity index (χ2v) is 4.64. The fourth-order valence-corrected chi connectivity index (χ4v) is 1.83. The van der Waals surface area contributed by atoms with Crippen molar-refractivity contribution < 1.29 is 14.7 Å². The molecule has 2 aromatic carbocycles. The molecule has 0 aromatic heterocycles. The fraction of sp³-hybridized carbons (Fsp3) is 0. The minimum absolute atomic E-state index is 0.534. The number of carbonyl (C=O) groups excluding carboxylic acids is 1. The van der Waals surface area contributed by atoms with Crippen molar-refractivity contribution in [2.75, 3.05) is 5.32 Å². The Kier molecular flexibility index (Phi) is 4.74. The summed E-state index contributed by atoms with van der Waals surface area (Å²) < 4.78 is 0. The van der Waals surface area contributed by atoms with Gasteiger partial charge < -0.3 is 10.4 Å². The van der Waals surface area contributed by atoms with Crippen molar-refractivity contribution in [2.45, 2.75) is 0 Å². The quantitative estimate of drug-likeness (QED) is 0.849. The molecule has 0 fully saturated rings. The first-order valence-electron chi connectivity index (χ1n) is 6.13. The maximum absolute atomic E-state index is 11.5. The van der Waals surface area contributed by atoms with Gasteiger partial charge in [-0.3, -0.25) is 4.79 Å². The average Bonchev–Trinajstić information content (AvgIpc) is 2.48. The number of carboxylic acid groups (broad SMARTS) is 1. The van der Waals surface area contributed by atoms with E-state index in [1.54, 1.807) is 12.1 Å². The minimum Gasteiger partial charge on any atom is -0.477 e. The number of hydrogen-bond donors (Lipinski definition) is 2. The largest absolute Gasteiger partial charge is 0.477 e. The summed E-state index contributed by atoms with van der Waals surface area (Å²) in [4.78, 5) is 22.1. The van der Waals surface area contributed by atoms with Crippen LogP contribution in [0.15, 0.2) is 65.7 Å². The van der Waals surface area contributed by atoms with E-state index in [1.165, 1.54) is 0 Å². The van der Waals surface area contributed by atoms with Crippen molar-refractivity contribution in [1.82, 2.24) is 0 Å². The van der Waals surface area contributed by atoms with Gasteiger partial charge in [-0.2, -0.15) is 0 Å². The number of hydrogen-bond acceptors (Lipinski definition) is 2. The highest BCUT2D eigenvalue weighted by Gasteiger charge is 2.06. The van der Waals surface area contributed by atoms with Gasteiger partial charge in [0, 0.05) is 11.8 Å². The SMILES string of the molecule is O=C(/C=C(\Cl)C(=O)O)Nc1ccc(-c2ccccc2)cc1. The Morgan fingerprint density at radius 3 is 2.10 bits per heavy atom. The summed E-state index contributed by atoms with van der Waals surface area (Å²) >= 11 is 5.38. The molecule has 0 aliphatic carbocycles. The van der Waals surface area contributed by atoms with E-state index in [0.29, 0.717) is 5.69 Å². The number of nitrogens with one attached hydrogen (secondary N) is 1. The summed E-state index contributed by atoms with van der Waals surface area (Å²) in [6, 6.07) is 17.0. The predicted molar refractivity (Wildman–Crippen MR) is 82.1 cm³/mol. The molecule has 0 unspecified atom stereocenters. The number of anilines is 1. The van der Waals surface area contributed by atoms with Crippen molar-refractivity contribution in [3.05, 3.63) is 65.7 Å². The topological polar surface area (TPSA) is 66.4 Å². The molecule has 2 rings (SSSR count). The van der Waals surface area contributed by atoms with Gasteiger partial charge in [0.2, 0.25) is 5.91 Å². The standard InChI is InChI=1S/C16H12ClNO3/c17-14(16(20)21)10-15(19)18-13-8-6-12(7-9-13)11-4-2-1-3-5-11/h1-10H,(H,18,19)(H,20,21)/b14-10-. The van der Waals surface area contributed by atoms with Crippen LogP contribution in [0.3, 0.4) is 0 Å². The van der Waals surface area contributed by atoms with Crippen molar-refractivity contribution in [1.29, 1.82) is 0 Å². The molecule has 106 valence electrons. The third-order valence-electron chi connectivity index (χ3n) is 2.72. The van der Waals surface area contributed by atoms with Gasteiger partial charge >= 0.3 is 5.97 Å². The second kappa shape index (κ2) is 6.72. The van der Waals surface area contributed by atoms with E-state index in [1.807, 2.05) is 42.5 Å². The van der Waals surface area contributed by atoms with Gasteiger partial charge in [-0.25, -0.2) is 4.79 Å². The Balaban J connectivity index is 2.08. The summed E-state index contributed by atoms with van der Waals surface area (Å²) in [5.74, 6) is -1.93. The smallest absolute Gasteiger partial charge is 0.347 e. The molecule has 1 amide bonds. The van der Waals surface area contributed by atoms with Crippen molar-refractivity contribution in [2.24, 2.45) is 0 Å². The molecular formula is C16H12ClNO3. The van der Waals surface area contributed by atoms with Gasteiger partial charge in [0.1, 0.15) is 5.03 Å². The average molecular weight is 302 g/mol. The van der Waals surface area contributed by atoms with Crippen LogP contribution in [0, 0.1) is 0 Å². The number of benzene rings is 2. The zero-order valence-corrected chi connectivity index (χ0v) is 11.7. The van der Waals surface area contributed by atoms with Gasteiger partial charge in [-0.1, -0.05) is 54.1 Å². The fourth-order valence-electron chi connectivity index (χ4n) is 1.73. The summed E-state index contributed by atoms with van der Waals surface area (Å²) in [7, 11) is 0. The predicted octanol–water partition coefficient (Wildman–Crippen LogP) is 3.50. The molecule has 0 bridgehead atoms. The number of halogens is 1. The van der Waals surface area contributed by atoms with Crippen LogP contribution in [0.1, 0.15) is 0 Å². The lowest BCUT2D eigenvalue weighted by Gasteiger charge is -2.05.